The van der Waals surface area contributed by atoms with Gasteiger partial charge in [0.25, 0.3) is 0 Å². The van der Waals surface area contributed by atoms with Crippen molar-refractivity contribution in [2.45, 2.75) is 45.3 Å². The Balaban J connectivity index is 1.87. The van der Waals surface area contributed by atoms with Crippen molar-refractivity contribution in [3.8, 4) is 0 Å². The normalized spacial score (nSPS) is 17.2. The van der Waals surface area contributed by atoms with E-state index in [0.717, 1.165) is 31.1 Å². The molecular weight excluding hydrogens is 250 g/mol. The zero-order valence-corrected chi connectivity index (χ0v) is 13.1. The van der Waals surface area contributed by atoms with E-state index in [1.54, 1.807) is 0 Å². The second-order valence-electron chi connectivity index (χ2n) is 6.08. The molecule has 1 aliphatic heterocycles. The van der Waals surface area contributed by atoms with Gasteiger partial charge >= 0.3 is 0 Å². The topological polar surface area (TPSA) is 44.3 Å². The van der Waals surface area contributed by atoms with Crippen molar-refractivity contribution < 1.29 is 0 Å². The lowest BCUT2D eigenvalue weighted by molar-refractivity contribution is 0.249. The lowest BCUT2D eigenvalue weighted by atomic mass is 10.0. The van der Waals surface area contributed by atoms with Crippen LogP contribution in [-0.4, -0.2) is 54.1 Å². The molecule has 1 saturated heterocycles. The molecule has 1 N–H and O–H groups in total. The first-order chi connectivity index (χ1) is 9.56. The monoisotopic (exact) mass is 277 g/mol. The van der Waals surface area contributed by atoms with Crippen LogP contribution in [0.5, 0.6) is 0 Å². The first-order valence-corrected chi connectivity index (χ1v) is 7.52. The van der Waals surface area contributed by atoms with Gasteiger partial charge in [-0.2, -0.15) is 0 Å². The summed E-state index contributed by atoms with van der Waals surface area (Å²) in [5.74, 6) is 1.01. The minimum Gasteiger partial charge on any atom is -0.355 e. The Labute approximate surface area is 122 Å². The molecule has 1 aliphatic rings. The molecule has 0 saturated carbocycles. The lowest BCUT2D eigenvalue weighted by Gasteiger charge is -2.35. The molecule has 1 aromatic rings. The molecule has 0 aliphatic carbocycles. The summed E-state index contributed by atoms with van der Waals surface area (Å²) in [6.45, 7) is 7.20. The highest BCUT2D eigenvalue weighted by Gasteiger charge is 2.21. The number of anilines is 1. The van der Waals surface area contributed by atoms with Crippen LogP contribution in [-0.2, 0) is 6.54 Å². The average Bonchev–Trinajstić information content (AvgIpc) is 2.46. The molecule has 5 nitrogen and oxygen atoms in total. The smallest absolute Gasteiger partial charge is 0.147 e. The van der Waals surface area contributed by atoms with Gasteiger partial charge < -0.3 is 15.1 Å². The second-order valence-corrected chi connectivity index (χ2v) is 6.08. The Morgan fingerprint density at radius 3 is 2.45 bits per heavy atom. The van der Waals surface area contributed by atoms with Crippen molar-refractivity contribution in [1.29, 1.82) is 0 Å². The highest BCUT2D eigenvalue weighted by atomic mass is 15.2. The third kappa shape index (κ3) is 4.15. The maximum Gasteiger partial charge on any atom is 0.147 e. The molecule has 0 amide bonds. The van der Waals surface area contributed by atoms with Crippen LogP contribution in [0.2, 0.25) is 0 Å². The van der Waals surface area contributed by atoms with Gasteiger partial charge in [0.05, 0.1) is 18.1 Å². The van der Waals surface area contributed by atoms with E-state index >= 15 is 0 Å². The van der Waals surface area contributed by atoms with Gasteiger partial charge in [-0.15, -0.1) is 0 Å². The Kier molecular flexibility index (Phi) is 5.31. The Hall–Kier alpha value is -1.20. The number of nitrogens with one attached hydrogen (secondary N) is 1. The van der Waals surface area contributed by atoms with E-state index in [1.807, 2.05) is 12.4 Å². The predicted octanol–water partition coefficient (Wildman–Crippen LogP) is 1.50. The van der Waals surface area contributed by atoms with Crippen LogP contribution < -0.4 is 10.2 Å². The summed E-state index contributed by atoms with van der Waals surface area (Å²) in [5, 5.41) is 3.36. The van der Waals surface area contributed by atoms with Gasteiger partial charge in [-0.25, -0.2) is 4.98 Å². The van der Waals surface area contributed by atoms with E-state index in [2.05, 4.69) is 53.0 Å². The predicted molar refractivity (Wildman–Crippen MR) is 82.9 cm³/mol. The van der Waals surface area contributed by atoms with Crippen molar-refractivity contribution in [2.24, 2.45) is 0 Å². The zero-order chi connectivity index (χ0) is 14.5. The lowest BCUT2D eigenvalue weighted by Crippen LogP contribution is -2.42. The molecule has 0 bridgehead atoms. The first kappa shape index (κ1) is 15.2. The van der Waals surface area contributed by atoms with E-state index in [1.165, 1.54) is 12.8 Å². The molecule has 1 aromatic heterocycles. The summed E-state index contributed by atoms with van der Waals surface area (Å²) in [5.41, 5.74) is 1.01. The number of nitrogens with zero attached hydrogens (tertiary/aromatic N) is 4. The van der Waals surface area contributed by atoms with Crippen LogP contribution >= 0.6 is 0 Å². The zero-order valence-electron chi connectivity index (χ0n) is 13.1. The third-order valence-corrected chi connectivity index (χ3v) is 3.90. The van der Waals surface area contributed by atoms with Crippen molar-refractivity contribution in [2.75, 3.05) is 32.1 Å². The average molecular weight is 277 g/mol. The summed E-state index contributed by atoms with van der Waals surface area (Å²) >= 11 is 0. The molecule has 112 valence electrons. The molecule has 0 radical (unpaired) electrons. The van der Waals surface area contributed by atoms with Gasteiger partial charge in [-0.1, -0.05) is 13.8 Å². The first-order valence-electron chi connectivity index (χ1n) is 7.52. The maximum atomic E-state index is 4.56. The summed E-state index contributed by atoms with van der Waals surface area (Å²) in [7, 11) is 4.33. The van der Waals surface area contributed by atoms with Crippen LogP contribution in [0.4, 0.5) is 5.82 Å². The van der Waals surface area contributed by atoms with E-state index in [0.29, 0.717) is 12.1 Å². The number of aromatic nitrogens is 2. The standard InChI is InChI=1S/C15H27N5/c1-12(2)16-9-13-10-18-15(11-17-13)20-7-5-14(6-8-20)19(3)4/h10-12,14,16H,5-9H2,1-4H3. The van der Waals surface area contributed by atoms with Gasteiger partial charge in [0, 0.05) is 31.7 Å². The van der Waals surface area contributed by atoms with Gasteiger partial charge in [-0.3, -0.25) is 4.98 Å². The summed E-state index contributed by atoms with van der Waals surface area (Å²) in [6.07, 6.45) is 6.20. The minimum atomic E-state index is 0.474. The van der Waals surface area contributed by atoms with Crippen molar-refractivity contribution in [3.63, 3.8) is 0 Å². The fourth-order valence-corrected chi connectivity index (χ4v) is 2.52. The summed E-state index contributed by atoms with van der Waals surface area (Å²) in [4.78, 5) is 13.7. The third-order valence-electron chi connectivity index (χ3n) is 3.90. The van der Waals surface area contributed by atoms with E-state index in [-0.39, 0.29) is 0 Å². The van der Waals surface area contributed by atoms with E-state index in [4.69, 9.17) is 0 Å². The van der Waals surface area contributed by atoms with Crippen LogP contribution in [0, 0.1) is 0 Å². The largest absolute Gasteiger partial charge is 0.355 e. The molecule has 1 fully saturated rings. The van der Waals surface area contributed by atoms with Crippen LogP contribution in [0.1, 0.15) is 32.4 Å². The highest BCUT2D eigenvalue weighted by molar-refractivity contribution is 5.36. The number of piperidine rings is 1. The fourth-order valence-electron chi connectivity index (χ4n) is 2.52. The number of hydrogen-bond acceptors (Lipinski definition) is 5. The summed E-state index contributed by atoms with van der Waals surface area (Å²) in [6, 6.07) is 1.18. The molecule has 0 spiro atoms. The maximum absolute atomic E-state index is 4.56. The summed E-state index contributed by atoms with van der Waals surface area (Å²) < 4.78 is 0. The van der Waals surface area contributed by atoms with Gasteiger partial charge in [-0.05, 0) is 26.9 Å². The molecule has 2 heterocycles. The number of hydrogen-bond donors (Lipinski definition) is 1. The Bertz CT molecular complexity index is 393. The molecule has 0 aromatic carbocycles. The Morgan fingerprint density at radius 2 is 1.95 bits per heavy atom. The van der Waals surface area contributed by atoms with Crippen LogP contribution in [0.15, 0.2) is 12.4 Å². The molecule has 0 atom stereocenters. The quantitative estimate of drug-likeness (QED) is 0.884. The SMILES string of the molecule is CC(C)NCc1cnc(N2CCC(N(C)C)CC2)cn1. The van der Waals surface area contributed by atoms with Crippen LogP contribution in [0.3, 0.4) is 0 Å². The highest BCUT2D eigenvalue weighted by Crippen LogP contribution is 2.19. The van der Waals surface area contributed by atoms with Crippen LogP contribution in [0.25, 0.3) is 0 Å². The van der Waals surface area contributed by atoms with E-state index < -0.39 is 0 Å². The number of rotatable bonds is 5. The fraction of sp³-hybridized carbons (Fsp3) is 0.733. The minimum absolute atomic E-state index is 0.474. The van der Waals surface area contributed by atoms with Crippen molar-refractivity contribution >= 4 is 5.82 Å². The molecule has 20 heavy (non-hydrogen) atoms. The van der Waals surface area contributed by atoms with Gasteiger partial charge in [0.1, 0.15) is 5.82 Å². The molecule has 2 rings (SSSR count). The second kappa shape index (κ2) is 6.99. The molecular formula is C15H27N5. The molecule has 5 heteroatoms. The van der Waals surface area contributed by atoms with Gasteiger partial charge in [0.15, 0.2) is 0 Å². The van der Waals surface area contributed by atoms with Crippen molar-refractivity contribution in [3.05, 3.63) is 18.1 Å². The van der Waals surface area contributed by atoms with E-state index in [9.17, 15) is 0 Å². The molecule has 0 unspecified atom stereocenters. The van der Waals surface area contributed by atoms with Gasteiger partial charge in [0.2, 0.25) is 0 Å². The van der Waals surface area contributed by atoms with Crippen molar-refractivity contribution in [1.82, 2.24) is 20.2 Å². The Morgan fingerprint density at radius 1 is 1.25 bits per heavy atom.